The number of nitrogens with one attached hydrogen (secondary N) is 1. The Bertz CT molecular complexity index is 497. The van der Waals surface area contributed by atoms with Gasteiger partial charge in [-0.2, -0.15) is 0 Å². The van der Waals surface area contributed by atoms with Crippen molar-refractivity contribution < 1.29 is 18.7 Å². The Morgan fingerprint density at radius 3 is 3.00 bits per heavy atom. The van der Waals surface area contributed by atoms with E-state index < -0.39 is 11.9 Å². The van der Waals surface area contributed by atoms with Gasteiger partial charge in [-0.05, 0) is 31.0 Å². The second-order valence-corrected chi connectivity index (χ2v) is 5.18. The number of methoxy groups -OCH3 is 1. The molecule has 4 nitrogen and oxygen atoms in total. The highest BCUT2D eigenvalue weighted by Gasteiger charge is 2.32. The van der Waals surface area contributed by atoms with Gasteiger partial charge >= 0.3 is 5.97 Å². The smallest absolute Gasteiger partial charge is 0.322 e. The van der Waals surface area contributed by atoms with E-state index in [9.17, 15) is 9.18 Å². The zero-order valence-electron chi connectivity index (χ0n) is 11.4. The van der Waals surface area contributed by atoms with Gasteiger partial charge < -0.3 is 9.47 Å². The van der Waals surface area contributed by atoms with Gasteiger partial charge in [0.2, 0.25) is 0 Å². The molecule has 110 valence electrons. The minimum atomic E-state index is -0.473. The van der Waals surface area contributed by atoms with Crippen LogP contribution >= 0.6 is 11.6 Å². The lowest BCUT2D eigenvalue weighted by atomic mass is 10.0. The summed E-state index contributed by atoms with van der Waals surface area (Å²) in [4.78, 5) is 11.4. The lowest BCUT2D eigenvalue weighted by molar-refractivity contribution is -0.142. The molecule has 0 aliphatic carbocycles. The van der Waals surface area contributed by atoms with Crippen LogP contribution in [0.5, 0.6) is 0 Å². The summed E-state index contributed by atoms with van der Waals surface area (Å²) in [5.74, 6) is -0.808. The topological polar surface area (TPSA) is 47.6 Å². The van der Waals surface area contributed by atoms with Crippen LogP contribution in [-0.4, -0.2) is 31.8 Å². The number of benzene rings is 1. The summed E-state index contributed by atoms with van der Waals surface area (Å²) in [6, 6.07) is 4.11. The van der Waals surface area contributed by atoms with Crippen LogP contribution in [0.4, 0.5) is 4.39 Å². The van der Waals surface area contributed by atoms with E-state index in [0.717, 1.165) is 6.42 Å². The molecule has 1 saturated heterocycles. The van der Waals surface area contributed by atoms with E-state index in [1.807, 2.05) is 0 Å². The van der Waals surface area contributed by atoms with Gasteiger partial charge in [-0.3, -0.25) is 10.1 Å². The molecule has 0 amide bonds. The van der Waals surface area contributed by atoms with Gasteiger partial charge in [-0.1, -0.05) is 17.7 Å². The Morgan fingerprint density at radius 2 is 2.35 bits per heavy atom. The predicted molar refractivity (Wildman–Crippen MR) is 73.1 cm³/mol. The molecule has 1 heterocycles. The van der Waals surface area contributed by atoms with Crippen LogP contribution in [0.2, 0.25) is 5.02 Å². The Morgan fingerprint density at radius 1 is 1.60 bits per heavy atom. The van der Waals surface area contributed by atoms with E-state index >= 15 is 0 Å². The maximum Gasteiger partial charge on any atom is 0.322 e. The molecule has 3 unspecified atom stereocenters. The molecule has 0 bridgehead atoms. The van der Waals surface area contributed by atoms with Crippen LogP contribution < -0.4 is 5.32 Å². The first kappa shape index (κ1) is 15.2. The lowest BCUT2D eigenvalue weighted by Crippen LogP contribution is -2.43. The number of hydrogen-bond donors (Lipinski definition) is 1. The van der Waals surface area contributed by atoms with E-state index in [2.05, 4.69) is 10.1 Å². The highest BCUT2D eigenvalue weighted by atomic mass is 35.5. The predicted octanol–water partition coefficient (Wildman–Crippen LogP) is 2.46. The first-order chi connectivity index (χ1) is 9.52. The quantitative estimate of drug-likeness (QED) is 0.868. The van der Waals surface area contributed by atoms with Crippen LogP contribution in [-0.2, 0) is 14.3 Å². The zero-order chi connectivity index (χ0) is 14.7. The molecule has 1 fully saturated rings. The molecule has 6 heteroatoms. The van der Waals surface area contributed by atoms with Crippen LogP contribution in [0.15, 0.2) is 18.2 Å². The Hall–Kier alpha value is -1.17. The fourth-order valence-electron chi connectivity index (χ4n) is 2.34. The van der Waals surface area contributed by atoms with Gasteiger partial charge in [-0.15, -0.1) is 0 Å². The molecule has 0 spiro atoms. The van der Waals surface area contributed by atoms with Crippen molar-refractivity contribution in [2.24, 2.45) is 0 Å². The van der Waals surface area contributed by atoms with Gasteiger partial charge in [0.15, 0.2) is 0 Å². The van der Waals surface area contributed by atoms with Crippen molar-refractivity contribution in [3.63, 3.8) is 0 Å². The van der Waals surface area contributed by atoms with Crippen LogP contribution in [0.1, 0.15) is 25.0 Å². The Labute approximate surface area is 122 Å². The number of halogens is 2. The van der Waals surface area contributed by atoms with Crippen molar-refractivity contribution in [3.05, 3.63) is 34.6 Å². The molecule has 0 saturated carbocycles. The molecule has 0 aromatic heterocycles. The lowest BCUT2D eigenvalue weighted by Gasteiger charge is -2.23. The average Bonchev–Trinajstić information content (AvgIpc) is 2.89. The van der Waals surface area contributed by atoms with E-state index in [4.69, 9.17) is 16.3 Å². The van der Waals surface area contributed by atoms with Crippen molar-refractivity contribution in [2.45, 2.75) is 31.5 Å². The monoisotopic (exact) mass is 301 g/mol. The summed E-state index contributed by atoms with van der Waals surface area (Å²) < 4.78 is 23.8. The largest absolute Gasteiger partial charge is 0.468 e. The molecule has 3 atom stereocenters. The molecular weight excluding hydrogens is 285 g/mol. The molecular formula is C14H17ClFNO3. The zero-order valence-corrected chi connectivity index (χ0v) is 12.1. The fourth-order valence-corrected chi connectivity index (χ4v) is 2.46. The molecule has 1 N–H and O–H groups in total. The molecule has 20 heavy (non-hydrogen) atoms. The number of esters is 1. The third kappa shape index (κ3) is 3.29. The summed E-state index contributed by atoms with van der Waals surface area (Å²) in [7, 11) is 1.34. The van der Waals surface area contributed by atoms with Crippen LogP contribution in [0.25, 0.3) is 0 Å². The third-order valence-electron chi connectivity index (χ3n) is 3.38. The summed E-state index contributed by atoms with van der Waals surface area (Å²) >= 11 is 5.68. The molecule has 0 radical (unpaired) electrons. The minimum Gasteiger partial charge on any atom is -0.468 e. The standard InChI is InChI=1S/C14H17ClFNO3/c1-8(14(18)19-2)17-12-5-6-20-13(12)9-3-4-10(15)11(16)7-9/h3-4,7-8,12-13,17H,5-6H2,1-2H3. The van der Waals surface area contributed by atoms with Gasteiger partial charge in [0.1, 0.15) is 11.9 Å². The van der Waals surface area contributed by atoms with E-state index in [-0.39, 0.29) is 23.1 Å². The van der Waals surface area contributed by atoms with E-state index in [1.54, 1.807) is 13.0 Å². The number of ether oxygens (including phenoxy) is 2. The van der Waals surface area contributed by atoms with E-state index in [0.29, 0.717) is 12.2 Å². The maximum atomic E-state index is 13.5. The molecule has 1 aliphatic heterocycles. The Balaban J connectivity index is 2.10. The molecule has 1 aliphatic rings. The molecule has 1 aromatic rings. The molecule has 1 aromatic carbocycles. The first-order valence-corrected chi connectivity index (χ1v) is 6.81. The minimum absolute atomic E-state index is 0.0651. The average molecular weight is 302 g/mol. The van der Waals surface area contributed by atoms with Crippen molar-refractivity contribution in [2.75, 3.05) is 13.7 Å². The summed E-state index contributed by atoms with van der Waals surface area (Å²) in [6.07, 6.45) is 0.449. The van der Waals surface area contributed by atoms with Crippen molar-refractivity contribution in [3.8, 4) is 0 Å². The Kier molecular flexibility index (Phi) is 4.96. The highest BCUT2D eigenvalue weighted by molar-refractivity contribution is 6.30. The number of hydrogen-bond acceptors (Lipinski definition) is 4. The van der Waals surface area contributed by atoms with Crippen molar-refractivity contribution >= 4 is 17.6 Å². The van der Waals surface area contributed by atoms with Gasteiger partial charge in [0.25, 0.3) is 0 Å². The van der Waals surface area contributed by atoms with Gasteiger partial charge in [0.05, 0.1) is 18.2 Å². The number of carbonyl (C=O) groups excluding carboxylic acids is 1. The van der Waals surface area contributed by atoms with E-state index in [1.165, 1.54) is 19.2 Å². The molecule has 2 rings (SSSR count). The second kappa shape index (κ2) is 6.52. The van der Waals surface area contributed by atoms with Crippen molar-refractivity contribution in [1.29, 1.82) is 0 Å². The summed E-state index contributed by atoms with van der Waals surface area (Å²) in [6.45, 7) is 2.28. The van der Waals surface area contributed by atoms with Gasteiger partial charge in [-0.25, -0.2) is 4.39 Å². The highest BCUT2D eigenvalue weighted by Crippen LogP contribution is 2.31. The number of carbonyl (C=O) groups is 1. The second-order valence-electron chi connectivity index (χ2n) is 4.77. The van der Waals surface area contributed by atoms with Gasteiger partial charge in [0, 0.05) is 12.6 Å². The summed E-state index contributed by atoms with van der Waals surface area (Å²) in [5, 5.41) is 3.24. The van der Waals surface area contributed by atoms with Crippen LogP contribution in [0, 0.1) is 5.82 Å². The fraction of sp³-hybridized carbons (Fsp3) is 0.500. The first-order valence-electron chi connectivity index (χ1n) is 6.43. The van der Waals surface area contributed by atoms with Crippen LogP contribution in [0.3, 0.4) is 0 Å². The summed E-state index contributed by atoms with van der Waals surface area (Å²) in [5.41, 5.74) is 0.707. The SMILES string of the molecule is COC(=O)C(C)NC1CCOC1c1ccc(Cl)c(F)c1. The van der Waals surface area contributed by atoms with Crippen molar-refractivity contribution in [1.82, 2.24) is 5.32 Å². The third-order valence-corrected chi connectivity index (χ3v) is 3.69. The normalized spacial score (nSPS) is 23.6. The number of rotatable bonds is 4. The maximum absolute atomic E-state index is 13.5.